The van der Waals surface area contributed by atoms with Crippen LogP contribution in [0, 0.1) is 0 Å². The molecule has 3 aromatic rings. The van der Waals surface area contributed by atoms with Gasteiger partial charge < -0.3 is 15.0 Å². The summed E-state index contributed by atoms with van der Waals surface area (Å²) in [5, 5.41) is 5.45. The smallest absolute Gasteiger partial charge is 0.258 e. The Morgan fingerprint density at radius 3 is 2.96 bits per heavy atom. The lowest BCUT2D eigenvalue weighted by atomic mass is 10.2. The normalized spacial score (nSPS) is 16.0. The number of hydrogen-bond donors (Lipinski definition) is 1. The van der Waals surface area contributed by atoms with Gasteiger partial charge in [0.1, 0.15) is 11.9 Å². The molecule has 1 aliphatic rings. The molecule has 1 amide bonds. The van der Waals surface area contributed by atoms with Gasteiger partial charge in [0, 0.05) is 22.8 Å². The summed E-state index contributed by atoms with van der Waals surface area (Å²) >= 11 is 1.64. The fourth-order valence-corrected chi connectivity index (χ4v) is 3.69. The van der Waals surface area contributed by atoms with Crippen LogP contribution in [0.4, 0.5) is 5.69 Å². The first-order valence-electron chi connectivity index (χ1n) is 7.95. The number of anilines is 1. The van der Waals surface area contributed by atoms with Gasteiger partial charge in [0.05, 0.1) is 24.9 Å². The monoisotopic (exact) mass is 351 g/mol. The second kappa shape index (κ2) is 6.57. The summed E-state index contributed by atoms with van der Waals surface area (Å²) in [5.74, 6) is 0.761. The third-order valence-electron chi connectivity index (χ3n) is 4.18. The van der Waals surface area contributed by atoms with Crippen LogP contribution in [0.3, 0.4) is 0 Å². The first-order chi connectivity index (χ1) is 12.3. The summed E-state index contributed by atoms with van der Waals surface area (Å²) in [6, 6.07) is 15.3. The van der Waals surface area contributed by atoms with E-state index in [1.54, 1.807) is 30.7 Å². The molecule has 5 nitrogen and oxygen atoms in total. The van der Waals surface area contributed by atoms with Crippen LogP contribution in [0.25, 0.3) is 0 Å². The van der Waals surface area contributed by atoms with Gasteiger partial charge in [0.25, 0.3) is 5.91 Å². The molecule has 0 saturated heterocycles. The summed E-state index contributed by atoms with van der Waals surface area (Å²) < 4.78 is 5.29. The van der Waals surface area contributed by atoms with Crippen LogP contribution in [0.5, 0.6) is 5.75 Å². The van der Waals surface area contributed by atoms with E-state index >= 15 is 0 Å². The molecule has 3 heterocycles. The van der Waals surface area contributed by atoms with Gasteiger partial charge in [-0.2, -0.15) is 0 Å². The van der Waals surface area contributed by atoms with E-state index in [1.807, 2.05) is 52.7 Å². The largest absolute Gasteiger partial charge is 0.497 e. The number of pyridine rings is 1. The molecule has 1 aliphatic heterocycles. The molecule has 0 radical (unpaired) electrons. The molecule has 126 valence electrons. The molecule has 6 heteroatoms. The van der Waals surface area contributed by atoms with Crippen molar-refractivity contribution in [1.82, 2.24) is 9.88 Å². The second-order valence-corrected chi connectivity index (χ2v) is 6.76. The molecule has 0 saturated carbocycles. The van der Waals surface area contributed by atoms with Crippen LogP contribution in [0.15, 0.2) is 60.1 Å². The molecule has 0 bridgehead atoms. The minimum Gasteiger partial charge on any atom is -0.497 e. The van der Waals surface area contributed by atoms with Crippen molar-refractivity contribution in [2.24, 2.45) is 0 Å². The number of methoxy groups -OCH3 is 1. The van der Waals surface area contributed by atoms with Gasteiger partial charge in [-0.25, -0.2) is 0 Å². The number of rotatable bonds is 5. The Morgan fingerprint density at radius 1 is 1.24 bits per heavy atom. The number of nitrogens with zero attached hydrogens (tertiary/aromatic N) is 2. The Kier molecular flexibility index (Phi) is 4.11. The van der Waals surface area contributed by atoms with Gasteiger partial charge in [0.2, 0.25) is 0 Å². The highest BCUT2D eigenvalue weighted by molar-refractivity contribution is 7.09. The predicted octanol–water partition coefficient (Wildman–Crippen LogP) is 3.92. The summed E-state index contributed by atoms with van der Waals surface area (Å²) in [5.41, 5.74) is 2.29. The van der Waals surface area contributed by atoms with Crippen molar-refractivity contribution in [3.05, 3.63) is 76.2 Å². The Bertz CT molecular complexity index is 895. The highest BCUT2D eigenvalue weighted by Gasteiger charge is 2.38. The minimum atomic E-state index is -0.307. The maximum Gasteiger partial charge on any atom is 0.258 e. The first-order valence-corrected chi connectivity index (χ1v) is 8.83. The zero-order valence-electron chi connectivity index (χ0n) is 13.7. The lowest BCUT2D eigenvalue weighted by molar-refractivity contribution is 0.0729. The molecular weight excluding hydrogens is 334 g/mol. The number of fused-ring (bicyclic) bond motifs is 1. The summed E-state index contributed by atoms with van der Waals surface area (Å²) in [6.07, 6.45) is 1.42. The van der Waals surface area contributed by atoms with Gasteiger partial charge in [-0.05, 0) is 35.7 Å². The number of nitrogens with one attached hydrogen (secondary N) is 1. The van der Waals surface area contributed by atoms with Gasteiger partial charge >= 0.3 is 0 Å². The number of amides is 1. The molecule has 0 unspecified atom stereocenters. The van der Waals surface area contributed by atoms with Crippen LogP contribution in [-0.4, -0.2) is 22.9 Å². The third kappa shape index (κ3) is 2.96. The Hall–Kier alpha value is -2.86. The fourth-order valence-electron chi connectivity index (χ4n) is 2.99. The van der Waals surface area contributed by atoms with Gasteiger partial charge in [-0.15, -0.1) is 11.3 Å². The van der Waals surface area contributed by atoms with Crippen molar-refractivity contribution in [1.29, 1.82) is 0 Å². The number of aromatic nitrogens is 1. The molecule has 0 aliphatic carbocycles. The molecule has 0 spiro atoms. The first kappa shape index (κ1) is 15.7. The SMILES string of the molecule is COc1cccc(N[C@@H]2c3ncccc3C(=O)N2Cc2cccs2)c1. The maximum atomic E-state index is 12.9. The van der Waals surface area contributed by atoms with Crippen LogP contribution >= 0.6 is 11.3 Å². The van der Waals surface area contributed by atoms with Crippen molar-refractivity contribution in [2.45, 2.75) is 12.7 Å². The van der Waals surface area contributed by atoms with Crippen molar-refractivity contribution in [3.63, 3.8) is 0 Å². The van der Waals surface area contributed by atoms with E-state index in [9.17, 15) is 4.79 Å². The Morgan fingerprint density at radius 2 is 2.16 bits per heavy atom. The lowest BCUT2D eigenvalue weighted by Crippen LogP contribution is -2.31. The molecule has 0 fully saturated rings. The van der Waals surface area contributed by atoms with E-state index in [2.05, 4.69) is 10.3 Å². The van der Waals surface area contributed by atoms with Crippen LogP contribution in [-0.2, 0) is 6.54 Å². The van der Waals surface area contributed by atoms with Crippen molar-refractivity contribution < 1.29 is 9.53 Å². The van der Waals surface area contributed by atoms with Crippen molar-refractivity contribution in [3.8, 4) is 5.75 Å². The number of carbonyl (C=O) groups excluding carboxylic acids is 1. The second-order valence-electron chi connectivity index (χ2n) is 5.73. The molecule has 1 aromatic carbocycles. The van der Waals surface area contributed by atoms with Crippen molar-refractivity contribution >= 4 is 22.9 Å². The fraction of sp³-hybridized carbons (Fsp3) is 0.158. The van der Waals surface area contributed by atoms with Crippen molar-refractivity contribution in [2.75, 3.05) is 12.4 Å². The van der Waals surface area contributed by atoms with E-state index < -0.39 is 0 Å². The van der Waals surface area contributed by atoms with Gasteiger partial charge in [-0.1, -0.05) is 12.1 Å². The molecule has 2 aromatic heterocycles. The van der Waals surface area contributed by atoms with E-state index in [0.29, 0.717) is 12.1 Å². The van der Waals surface area contributed by atoms with E-state index in [-0.39, 0.29) is 12.1 Å². The number of hydrogen-bond acceptors (Lipinski definition) is 5. The average molecular weight is 351 g/mol. The highest BCUT2D eigenvalue weighted by atomic mass is 32.1. The zero-order valence-corrected chi connectivity index (χ0v) is 14.5. The highest BCUT2D eigenvalue weighted by Crippen LogP contribution is 2.35. The van der Waals surface area contributed by atoms with E-state index in [1.165, 1.54) is 0 Å². The summed E-state index contributed by atoms with van der Waals surface area (Å²) in [4.78, 5) is 20.3. The summed E-state index contributed by atoms with van der Waals surface area (Å²) in [6.45, 7) is 0.550. The third-order valence-corrected chi connectivity index (χ3v) is 5.04. The van der Waals surface area contributed by atoms with E-state index in [4.69, 9.17) is 4.74 Å². The molecule has 1 atom stereocenters. The molecule has 25 heavy (non-hydrogen) atoms. The summed E-state index contributed by atoms with van der Waals surface area (Å²) in [7, 11) is 1.64. The topological polar surface area (TPSA) is 54.5 Å². The van der Waals surface area contributed by atoms with E-state index in [0.717, 1.165) is 22.0 Å². The number of thiophene rings is 1. The average Bonchev–Trinajstić information content (AvgIpc) is 3.25. The molecular formula is C19H17N3O2S. The predicted molar refractivity (Wildman–Crippen MR) is 97.8 cm³/mol. The minimum absolute atomic E-state index is 0.00287. The van der Waals surface area contributed by atoms with Gasteiger partial charge in [-0.3, -0.25) is 9.78 Å². The van der Waals surface area contributed by atoms with Gasteiger partial charge in [0.15, 0.2) is 0 Å². The van der Waals surface area contributed by atoms with Crippen LogP contribution in [0.1, 0.15) is 27.1 Å². The standard InChI is InChI=1S/C19H17N3O2S/c1-24-14-6-2-5-13(11-14)21-18-17-16(8-3-9-20-17)19(23)22(18)12-15-7-4-10-25-15/h2-11,18,21H,12H2,1H3/t18-/m0/s1. The zero-order chi connectivity index (χ0) is 17.2. The number of carbonyl (C=O) groups is 1. The van der Waals surface area contributed by atoms with Crippen LogP contribution < -0.4 is 10.1 Å². The lowest BCUT2D eigenvalue weighted by Gasteiger charge is -2.26. The number of benzene rings is 1. The molecule has 4 rings (SSSR count). The quantitative estimate of drug-likeness (QED) is 0.757. The maximum absolute atomic E-state index is 12.9. The van der Waals surface area contributed by atoms with Crippen LogP contribution in [0.2, 0.25) is 0 Å². The number of ether oxygens (including phenoxy) is 1. The Labute approximate surface area is 149 Å². The Balaban J connectivity index is 1.68. The molecule has 1 N–H and O–H groups in total.